The second-order valence-corrected chi connectivity index (χ2v) is 5.36. The van der Waals surface area contributed by atoms with E-state index in [0.29, 0.717) is 18.1 Å². The molecule has 1 heterocycles. The van der Waals surface area contributed by atoms with Crippen molar-refractivity contribution in [2.45, 2.75) is 33.3 Å². The van der Waals surface area contributed by atoms with Crippen LogP contribution in [-0.2, 0) is 19.4 Å². The Kier molecular flexibility index (Phi) is 5.29. The van der Waals surface area contributed by atoms with Crippen LogP contribution in [0.15, 0.2) is 28.7 Å². The monoisotopic (exact) mass is 345 g/mol. The van der Waals surface area contributed by atoms with Crippen LogP contribution < -0.4 is 4.74 Å². The molecule has 108 valence electrons. The third-order valence-electron chi connectivity index (χ3n) is 3.25. The number of ether oxygens (including phenoxy) is 1. The number of hydrogen-bond donors (Lipinski definition) is 0. The van der Waals surface area contributed by atoms with Gasteiger partial charge in [0.15, 0.2) is 0 Å². The topological polar surface area (TPSA) is 58.8 Å². The van der Waals surface area contributed by atoms with Gasteiger partial charge in [-0.1, -0.05) is 48.0 Å². The Labute approximate surface area is 132 Å². The van der Waals surface area contributed by atoms with E-state index in [1.807, 2.05) is 38.1 Å². The summed E-state index contributed by atoms with van der Waals surface area (Å²) in [5, 5.41) is 17.6. The number of hydrogen-bond acceptors (Lipinski definition) is 4. The number of aryl methyl sites for hydroxylation is 1. The van der Waals surface area contributed by atoms with Gasteiger partial charge in [0.05, 0.1) is 5.69 Å². The maximum Gasteiger partial charge on any atom is 0.252 e. The minimum Gasteiger partial charge on any atom is -0.471 e. The first-order valence-corrected chi connectivity index (χ1v) is 7.65. The fourth-order valence-electron chi connectivity index (χ4n) is 2.13. The van der Waals surface area contributed by atoms with E-state index in [9.17, 15) is 5.26 Å². The van der Waals surface area contributed by atoms with Gasteiger partial charge in [-0.25, -0.2) is 0 Å². The second kappa shape index (κ2) is 7.19. The summed E-state index contributed by atoms with van der Waals surface area (Å²) in [6, 6.07) is 10.0. The average molecular weight is 346 g/mol. The van der Waals surface area contributed by atoms with Crippen LogP contribution in [0.25, 0.3) is 0 Å². The van der Waals surface area contributed by atoms with Gasteiger partial charge in [0.25, 0.3) is 5.88 Å². The molecule has 0 bridgehead atoms. The number of nitrogens with zero attached hydrogens (tertiary/aromatic N) is 3. The van der Waals surface area contributed by atoms with Gasteiger partial charge in [-0.3, -0.25) is 0 Å². The van der Waals surface area contributed by atoms with Crippen LogP contribution >= 0.6 is 15.9 Å². The molecule has 0 saturated heterocycles. The van der Waals surface area contributed by atoms with E-state index >= 15 is 0 Å². The highest BCUT2D eigenvalue weighted by molar-refractivity contribution is 9.10. The zero-order valence-electron chi connectivity index (χ0n) is 12.1. The Morgan fingerprint density at radius 1 is 1.19 bits per heavy atom. The van der Waals surface area contributed by atoms with Gasteiger partial charge in [0.2, 0.25) is 0 Å². The largest absolute Gasteiger partial charge is 0.471 e. The summed E-state index contributed by atoms with van der Waals surface area (Å²) >= 11 is 3.48. The molecule has 2 aromatic rings. The van der Waals surface area contributed by atoms with E-state index in [4.69, 9.17) is 4.74 Å². The lowest BCUT2D eigenvalue weighted by Gasteiger charge is -2.12. The van der Waals surface area contributed by atoms with Crippen LogP contribution in [0.5, 0.6) is 5.88 Å². The minimum atomic E-state index is 0.308. The maximum absolute atomic E-state index is 9.40. The lowest BCUT2D eigenvalue weighted by Crippen LogP contribution is -2.07. The lowest BCUT2D eigenvalue weighted by atomic mass is 10.0. The van der Waals surface area contributed by atoms with Crippen molar-refractivity contribution in [3.8, 4) is 11.9 Å². The molecule has 21 heavy (non-hydrogen) atoms. The molecular formula is C16H16BrN3O. The molecule has 2 rings (SSSR count). The Morgan fingerprint density at radius 2 is 1.95 bits per heavy atom. The van der Waals surface area contributed by atoms with Crippen LogP contribution in [0.3, 0.4) is 0 Å². The highest BCUT2D eigenvalue weighted by Crippen LogP contribution is 2.24. The molecule has 0 aliphatic rings. The van der Waals surface area contributed by atoms with Crippen molar-refractivity contribution in [3.05, 3.63) is 51.1 Å². The van der Waals surface area contributed by atoms with E-state index in [0.717, 1.165) is 34.1 Å². The summed E-state index contributed by atoms with van der Waals surface area (Å²) in [5.41, 5.74) is 3.29. The van der Waals surface area contributed by atoms with Crippen molar-refractivity contribution in [2.75, 3.05) is 0 Å². The number of aromatic nitrogens is 2. The highest BCUT2D eigenvalue weighted by Gasteiger charge is 2.15. The fraction of sp³-hybridized carbons (Fsp3) is 0.312. The summed E-state index contributed by atoms with van der Waals surface area (Å²) in [6.45, 7) is 4.36. The molecule has 0 N–H and O–H groups in total. The van der Waals surface area contributed by atoms with Crippen LogP contribution in [0.4, 0.5) is 0 Å². The van der Waals surface area contributed by atoms with E-state index < -0.39 is 0 Å². The van der Waals surface area contributed by atoms with E-state index in [1.54, 1.807) is 0 Å². The molecule has 0 aliphatic carbocycles. The average Bonchev–Trinajstić information content (AvgIpc) is 2.52. The molecular weight excluding hydrogens is 330 g/mol. The van der Waals surface area contributed by atoms with Crippen molar-refractivity contribution < 1.29 is 4.74 Å². The predicted molar refractivity (Wildman–Crippen MR) is 84.0 cm³/mol. The lowest BCUT2D eigenvalue weighted by molar-refractivity contribution is 0.287. The van der Waals surface area contributed by atoms with E-state index in [1.165, 1.54) is 0 Å². The molecule has 0 amide bonds. The zero-order chi connectivity index (χ0) is 15.2. The van der Waals surface area contributed by atoms with Crippen LogP contribution in [0.2, 0.25) is 0 Å². The first kappa shape index (κ1) is 15.5. The third-order valence-corrected chi connectivity index (χ3v) is 4.02. The molecule has 1 aromatic heterocycles. The molecule has 5 heteroatoms. The Hall–Kier alpha value is -1.93. The summed E-state index contributed by atoms with van der Waals surface area (Å²) in [7, 11) is 0. The predicted octanol–water partition coefficient (Wildman–Crippen LogP) is 3.81. The molecule has 0 saturated carbocycles. The molecule has 4 nitrogen and oxygen atoms in total. The van der Waals surface area contributed by atoms with Gasteiger partial charge in [0, 0.05) is 10.0 Å². The van der Waals surface area contributed by atoms with Crippen molar-refractivity contribution in [1.29, 1.82) is 5.26 Å². The van der Waals surface area contributed by atoms with Gasteiger partial charge in [-0.05, 0) is 24.5 Å². The smallest absolute Gasteiger partial charge is 0.252 e. The number of halogens is 1. The first-order valence-electron chi connectivity index (χ1n) is 6.85. The number of nitriles is 1. The van der Waals surface area contributed by atoms with Gasteiger partial charge in [-0.15, -0.1) is 5.10 Å². The molecule has 0 atom stereocenters. The van der Waals surface area contributed by atoms with Gasteiger partial charge in [-0.2, -0.15) is 10.4 Å². The normalized spacial score (nSPS) is 10.2. The standard InChI is InChI=1S/C16H16BrN3O/c1-3-12-13(9-18)16(20-19-15(12)4-2)21-10-11-7-5-6-8-14(11)17/h5-8H,3-4,10H2,1-2H3. The number of benzene rings is 1. The van der Waals surface area contributed by atoms with Crippen molar-refractivity contribution in [3.63, 3.8) is 0 Å². The minimum absolute atomic E-state index is 0.308. The molecule has 0 fully saturated rings. The van der Waals surface area contributed by atoms with Crippen LogP contribution in [0.1, 0.15) is 36.2 Å². The Bertz CT molecular complexity index is 680. The van der Waals surface area contributed by atoms with Gasteiger partial charge >= 0.3 is 0 Å². The quantitative estimate of drug-likeness (QED) is 0.826. The fourth-order valence-corrected chi connectivity index (χ4v) is 2.53. The van der Waals surface area contributed by atoms with Crippen molar-refractivity contribution in [2.24, 2.45) is 0 Å². The second-order valence-electron chi connectivity index (χ2n) is 4.50. The molecule has 0 radical (unpaired) electrons. The summed E-state index contributed by atoms with van der Waals surface area (Å²) < 4.78 is 6.68. The summed E-state index contributed by atoms with van der Waals surface area (Å²) in [5.74, 6) is 0.308. The van der Waals surface area contributed by atoms with E-state index in [-0.39, 0.29) is 0 Å². The first-order chi connectivity index (χ1) is 10.2. The van der Waals surface area contributed by atoms with Crippen LogP contribution in [0, 0.1) is 11.3 Å². The Morgan fingerprint density at radius 3 is 2.57 bits per heavy atom. The van der Waals surface area contributed by atoms with Crippen molar-refractivity contribution >= 4 is 15.9 Å². The van der Waals surface area contributed by atoms with Crippen LogP contribution in [-0.4, -0.2) is 10.2 Å². The van der Waals surface area contributed by atoms with Gasteiger partial charge in [0.1, 0.15) is 18.2 Å². The molecule has 0 aliphatic heterocycles. The molecule has 0 unspecified atom stereocenters. The molecule has 1 aromatic carbocycles. The zero-order valence-corrected chi connectivity index (χ0v) is 13.6. The third kappa shape index (κ3) is 3.40. The SMILES string of the molecule is CCc1nnc(OCc2ccccc2Br)c(C#N)c1CC. The highest BCUT2D eigenvalue weighted by atomic mass is 79.9. The number of rotatable bonds is 5. The van der Waals surface area contributed by atoms with E-state index in [2.05, 4.69) is 32.2 Å². The summed E-state index contributed by atoms with van der Waals surface area (Å²) in [4.78, 5) is 0. The summed E-state index contributed by atoms with van der Waals surface area (Å²) in [6.07, 6.45) is 1.50. The Balaban J connectivity index is 2.29. The maximum atomic E-state index is 9.40. The molecule has 0 spiro atoms. The van der Waals surface area contributed by atoms with Crippen molar-refractivity contribution in [1.82, 2.24) is 10.2 Å². The van der Waals surface area contributed by atoms with Gasteiger partial charge < -0.3 is 4.74 Å².